The maximum absolute atomic E-state index is 11.7. The van der Waals surface area contributed by atoms with Crippen LogP contribution in [0.25, 0.3) is 0 Å². The van der Waals surface area contributed by atoms with Gasteiger partial charge in [-0.05, 0) is 0 Å². The summed E-state index contributed by atoms with van der Waals surface area (Å²) < 4.78 is 8.04. The third-order valence-electron chi connectivity index (χ3n) is 2.16. The molecule has 3 heteroatoms. The monoisotopic (exact) mass is 284 g/mol. The molecule has 1 rings (SSSR count). The van der Waals surface area contributed by atoms with Crippen molar-refractivity contribution in [3.8, 4) is 0 Å². The number of hydrogen-bond acceptors (Lipinski definition) is 2. The Morgan fingerprint density at radius 3 is 2.54 bits per heavy atom. The van der Waals surface area contributed by atoms with Crippen molar-refractivity contribution < 1.29 is 9.53 Å². The van der Waals surface area contributed by atoms with E-state index >= 15 is 0 Å². The molecule has 0 spiro atoms. The molecule has 13 heavy (non-hydrogen) atoms. The number of carbonyl (C=O) groups is 1. The van der Waals surface area contributed by atoms with Crippen LogP contribution in [0, 0.1) is 0 Å². The van der Waals surface area contributed by atoms with Gasteiger partial charge >= 0.3 is 88.0 Å². The number of ether oxygens (including phenoxy) is 1. The Kier molecular flexibility index (Phi) is 3.50. The third-order valence-corrected chi connectivity index (χ3v) is 10.5. The molecular weight excluding hydrogens is 267 g/mol. The molecule has 0 atom stereocenters. The summed E-state index contributed by atoms with van der Waals surface area (Å²) in [7, 11) is 0. The molecule has 0 aromatic carbocycles. The molecule has 2 nitrogen and oxygen atoms in total. The van der Waals surface area contributed by atoms with Crippen LogP contribution in [0.1, 0.15) is 34.1 Å². The first-order valence-corrected chi connectivity index (χ1v) is 10.4. The van der Waals surface area contributed by atoms with Crippen molar-refractivity contribution in [2.24, 2.45) is 0 Å². The van der Waals surface area contributed by atoms with E-state index in [1.165, 1.54) is 3.33 Å². The van der Waals surface area contributed by atoms with E-state index in [0.717, 1.165) is 10.6 Å². The van der Waals surface area contributed by atoms with Crippen LogP contribution in [-0.2, 0) is 4.74 Å². The first-order chi connectivity index (χ1) is 5.90. The molecule has 0 aliphatic carbocycles. The summed E-state index contributed by atoms with van der Waals surface area (Å²) in [5, 5.41) is 0. The second-order valence-corrected chi connectivity index (χ2v) is 13.4. The Hall–Kier alpha value is 0.0801. The summed E-state index contributed by atoms with van der Waals surface area (Å²) in [6, 6.07) is 0. The van der Waals surface area contributed by atoms with Gasteiger partial charge in [0.1, 0.15) is 0 Å². The van der Waals surface area contributed by atoms with Crippen LogP contribution < -0.4 is 0 Å². The van der Waals surface area contributed by atoms with E-state index in [1.54, 1.807) is 0 Å². The van der Waals surface area contributed by atoms with Crippen molar-refractivity contribution in [1.29, 1.82) is 0 Å². The molecule has 0 aromatic rings. The molecule has 0 saturated carbocycles. The van der Waals surface area contributed by atoms with E-state index < -0.39 is 21.4 Å². The number of allylic oxidation sites excluding steroid dienone is 2. The second-order valence-electron chi connectivity index (χ2n) is 4.61. The third kappa shape index (κ3) is 3.37. The first kappa shape index (κ1) is 11.2. The molecule has 0 radical (unpaired) electrons. The molecule has 0 N–H and O–H groups in total. The summed E-state index contributed by atoms with van der Waals surface area (Å²) in [5.41, 5.74) is -0.309. The van der Waals surface area contributed by atoms with E-state index in [0.29, 0.717) is 0 Å². The summed E-state index contributed by atoms with van der Waals surface area (Å²) in [5.74, 6) is 0. The van der Waals surface area contributed by atoms with Gasteiger partial charge in [0.2, 0.25) is 0 Å². The zero-order valence-corrected chi connectivity index (χ0v) is 12.2. The van der Waals surface area contributed by atoms with E-state index in [2.05, 4.69) is 13.0 Å². The van der Waals surface area contributed by atoms with Crippen molar-refractivity contribution in [2.45, 2.75) is 43.9 Å². The molecule has 0 amide bonds. The predicted octanol–water partition coefficient (Wildman–Crippen LogP) is 2.89. The molecule has 0 aromatic heterocycles. The van der Waals surface area contributed by atoms with Gasteiger partial charge in [-0.3, -0.25) is 0 Å². The number of rotatable bonds is 1. The van der Waals surface area contributed by atoms with Crippen molar-refractivity contribution in [2.75, 3.05) is 0 Å². The zero-order valence-electron chi connectivity index (χ0n) is 8.89. The topological polar surface area (TPSA) is 26.3 Å². The summed E-state index contributed by atoms with van der Waals surface area (Å²) in [6.07, 6.45) is 3.32. The van der Waals surface area contributed by atoms with E-state index in [1.807, 2.05) is 20.8 Å². The Labute approximate surface area is 87.9 Å². The molecule has 1 heterocycles. The van der Waals surface area contributed by atoms with Gasteiger partial charge in [0.25, 0.3) is 0 Å². The van der Waals surface area contributed by atoms with E-state index in [9.17, 15) is 4.79 Å². The Morgan fingerprint density at radius 1 is 1.54 bits per heavy atom. The molecule has 0 unspecified atom stereocenters. The van der Waals surface area contributed by atoms with E-state index in [4.69, 9.17) is 4.74 Å². The van der Waals surface area contributed by atoms with Gasteiger partial charge in [0.05, 0.1) is 0 Å². The van der Waals surface area contributed by atoms with Gasteiger partial charge in [-0.15, -0.1) is 0 Å². The van der Waals surface area contributed by atoms with Crippen molar-refractivity contribution in [3.63, 3.8) is 0 Å². The first-order valence-electron chi connectivity index (χ1n) is 4.79. The van der Waals surface area contributed by atoms with Crippen LogP contribution in [0.2, 0.25) is 4.18 Å². The molecule has 1 aliphatic heterocycles. The molecule has 72 valence electrons. The standard InChI is InChI=1S/C5H9O2.C5H8.In/c1-5(2,3)7-4-6;1-3-5-4-2;/h1-3H3;5H,1,3H2,2H3;. The SMILES string of the molecule is C[C]1=CC[CH2][In]1[C](=O)OC(C)(C)C. The molecule has 1 aliphatic rings. The van der Waals surface area contributed by atoms with Crippen LogP contribution in [0.5, 0.6) is 0 Å². The number of hydrogen-bond donors (Lipinski definition) is 0. The fraction of sp³-hybridized carbons (Fsp3) is 0.700. The van der Waals surface area contributed by atoms with Gasteiger partial charge in [0, 0.05) is 0 Å². The average molecular weight is 284 g/mol. The van der Waals surface area contributed by atoms with Gasteiger partial charge in [0.15, 0.2) is 0 Å². The quantitative estimate of drug-likeness (QED) is 0.740. The summed E-state index contributed by atoms with van der Waals surface area (Å²) in [4.78, 5) is 11.7. The van der Waals surface area contributed by atoms with Gasteiger partial charge in [-0.1, -0.05) is 0 Å². The van der Waals surface area contributed by atoms with Crippen molar-refractivity contribution in [1.82, 2.24) is 0 Å². The Morgan fingerprint density at radius 2 is 2.15 bits per heavy atom. The maximum atomic E-state index is 11.7. The van der Waals surface area contributed by atoms with Crippen LogP contribution in [-0.4, -0.2) is 30.8 Å². The minimum atomic E-state index is -2.08. The van der Waals surface area contributed by atoms with Gasteiger partial charge in [-0.25, -0.2) is 0 Å². The Bertz CT molecular complexity index is 238. The van der Waals surface area contributed by atoms with Crippen LogP contribution in [0.4, 0.5) is 4.79 Å². The molecule has 0 bridgehead atoms. The van der Waals surface area contributed by atoms with Crippen molar-refractivity contribution in [3.05, 3.63) is 9.41 Å². The van der Waals surface area contributed by atoms with Crippen molar-refractivity contribution >= 4 is 25.2 Å². The van der Waals surface area contributed by atoms with Gasteiger partial charge < -0.3 is 0 Å². The second kappa shape index (κ2) is 4.07. The Balaban J connectivity index is 2.54. The minimum absolute atomic E-state index is 0.139. The normalized spacial score (nSPS) is 17.2. The average Bonchev–Trinajstić information content (AvgIpc) is 2.30. The van der Waals surface area contributed by atoms with E-state index in [-0.39, 0.29) is 9.33 Å². The van der Waals surface area contributed by atoms with Crippen LogP contribution >= 0.6 is 0 Å². The molecular formula is C10H17InO2. The van der Waals surface area contributed by atoms with Gasteiger partial charge in [-0.2, -0.15) is 0 Å². The van der Waals surface area contributed by atoms with Crippen LogP contribution in [0.3, 0.4) is 0 Å². The number of carbonyl (C=O) groups excluding carboxylic acids is 1. The fourth-order valence-electron chi connectivity index (χ4n) is 1.52. The zero-order chi connectivity index (χ0) is 10.1. The van der Waals surface area contributed by atoms with Crippen LogP contribution in [0.15, 0.2) is 9.41 Å². The fourth-order valence-corrected chi connectivity index (χ4v) is 8.69. The predicted molar refractivity (Wildman–Crippen MR) is 55.2 cm³/mol. The molecule has 0 saturated heterocycles. The molecule has 0 fully saturated rings. The summed E-state index contributed by atoms with van der Waals surface area (Å²) >= 11 is -2.08. The summed E-state index contributed by atoms with van der Waals surface area (Å²) in [6.45, 7) is 7.90.